The summed E-state index contributed by atoms with van der Waals surface area (Å²) in [5.74, 6) is 0. The van der Waals surface area contributed by atoms with Crippen molar-refractivity contribution in [1.82, 2.24) is 0 Å². The van der Waals surface area contributed by atoms with E-state index >= 15 is 0 Å². The average molecular weight is 223 g/mol. The Morgan fingerprint density at radius 3 is 2.00 bits per heavy atom. The third-order valence-electron chi connectivity index (χ3n) is 2.77. The summed E-state index contributed by atoms with van der Waals surface area (Å²) in [6.07, 6.45) is -7.53. The average Bonchev–Trinajstić information content (AvgIpc) is 2.11. The monoisotopic (exact) mass is 223 g/mol. The third-order valence-corrected chi connectivity index (χ3v) is 2.77. The minimum atomic E-state index is -2.30. The molecule has 88 valence electrons. The minimum absolute atomic E-state index is 0.920. The molecule has 0 aliphatic heterocycles. The lowest BCUT2D eigenvalue weighted by Gasteiger charge is -2.43. The van der Waals surface area contributed by atoms with Gasteiger partial charge < -0.3 is 25.5 Å². The van der Waals surface area contributed by atoms with E-state index in [4.69, 9.17) is 0 Å². The first kappa shape index (κ1) is 12.3. The van der Waals surface area contributed by atoms with Crippen LogP contribution in [0, 0.1) is 10.1 Å². The SMILES string of the molecule is C[C@]1(O)[C@@H](O)[C@H](O)[C@H](O)[C@H](O)[C@H]1[N+](=O)[O-]. The number of rotatable bonds is 1. The molecule has 0 radical (unpaired) electrons. The number of aliphatic hydroxyl groups excluding tert-OH is 4. The molecule has 0 heterocycles. The zero-order valence-electron chi connectivity index (χ0n) is 7.89. The van der Waals surface area contributed by atoms with E-state index in [0.717, 1.165) is 6.92 Å². The number of nitro groups is 1. The molecule has 15 heavy (non-hydrogen) atoms. The quantitative estimate of drug-likeness (QED) is 0.233. The summed E-state index contributed by atoms with van der Waals surface area (Å²) in [7, 11) is 0. The molecule has 0 bridgehead atoms. The van der Waals surface area contributed by atoms with Crippen molar-refractivity contribution in [1.29, 1.82) is 0 Å². The van der Waals surface area contributed by atoms with Gasteiger partial charge in [0, 0.05) is 4.92 Å². The fourth-order valence-corrected chi connectivity index (χ4v) is 1.78. The molecule has 1 aliphatic carbocycles. The predicted molar refractivity (Wildman–Crippen MR) is 45.4 cm³/mol. The first-order chi connectivity index (χ1) is 6.71. The molecule has 1 rings (SSSR count). The van der Waals surface area contributed by atoms with E-state index in [1.165, 1.54) is 0 Å². The summed E-state index contributed by atoms with van der Waals surface area (Å²) < 4.78 is 0. The molecule has 0 amide bonds. The lowest BCUT2D eigenvalue weighted by Crippen LogP contribution is -2.71. The van der Waals surface area contributed by atoms with Crippen molar-refractivity contribution in [3.63, 3.8) is 0 Å². The summed E-state index contributed by atoms with van der Waals surface area (Å²) in [5, 5.41) is 57.2. The maximum atomic E-state index is 10.6. The highest BCUT2D eigenvalue weighted by molar-refractivity contribution is 5.06. The highest BCUT2D eigenvalue weighted by Gasteiger charge is 2.61. The van der Waals surface area contributed by atoms with Crippen LogP contribution in [-0.4, -0.2) is 66.5 Å². The van der Waals surface area contributed by atoms with Crippen molar-refractivity contribution in [2.45, 2.75) is 43.0 Å². The van der Waals surface area contributed by atoms with E-state index in [-0.39, 0.29) is 0 Å². The zero-order valence-corrected chi connectivity index (χ0v) is 7.89. The normalized spacial score (nSPS) is 51.5. The van der Waals surface area contributed by atoms with Crippen LogP contribution in [0.2, 0.25) is 0 Å². The van der Waals surface area contributed by atoms with Gasteiger partial charge in [0.2, 0.25) is 0 Å². The molecule has 6 atom stereocenters. The van der Waals surface area contributed by atoms with Crippen molar-refractivity contribution in [3.8, 4) is 0 Å². The standard InChI is InChI=1S/C7H13NO7/c1-7(13)5(8(14)15)3(10)2(9)4(11)6(7)12/h2-6,9-13H,1H3/t2-,3+,4-,5-,6+,7-/m1/s1. The van der Waals surface area contributed by atoms with Crippen molar-refractivity contribution < 1.29 is 30.5 Å². The topological polar surface area (TPSA) is 144 Å². The molecular formula is C7H13NO7. The van der Waals surface area contributed by atoms with Crippen molar-refractivity contribution in [2.75, 3.05) is 0 Å². The van der Waals surface area contributed by atoms with Gasteiger partial charge in [-0.1, -0.05) is 0 Å². The van der Waals surface area contributed by atoms with Crippen molar-refractivity contribution >= 4 is 0 Å². The maximum Gasteiger partial charge on any atom is 0.271 e. The second-order valence-corrected chi connectivity index (χ2v) is 3.87. The van der Waals surface area contributed by atoms with Crippen LogP contribution in [-0.2, 0) is 0 Å². The molecule has 1 fully saturated rings. The molecule has 1 aliphatic rings. The van der Waals surface area contributed by atoms with Crippen LogP contribution >= 0.6 is 0 Å². The Morgan fingerprint density at radius 1 is 1.13 bits per heavy atom. The van der Waals surface area contributed by atoms with Crippen molar-refractivity contribution in [3.05, 3.63) is 10.1 Å². The van der Waals surface area contributed by atoms with Crippen LogP contribution in [0.25, 0.3) is 0 Å². The van der Waals surface area contributed by atoms with Gasteiger partial charge in [-0.25, -0.2) is 0 Å². The van der Waals surface area contributed by atoms with E-state index in [1.54, 1.807) is 0 Å². The number of aliphatic hydroxyl groups is 5. The highest BCUT2D eigenvalue weighted by atomic mass is 16.6. The van der Waals surface area contributed by atoms with Crippen LogP contribution in [0.15, 0.2) is 0 Å². The molecule has 0 aromatic rings. The van der Waals surface area contributed by atoms with Gasteiger partial charge in [-0.3, -0.25) is 10.1 Å². The number of hydrogen-bond donors (Lipinski definition) is 5. The molecule has 8 heteroatoms. The van der Waals surface area contributed by atoms with Gasteiger partial charge >= 0.3 is 0 Å². The smallest absolute Gasteiger partial charge is 0.271 e. The number of hydrogen-bond acceptors (Lipinski definition) is 7. The Labute approximate surface area is 84.5 Å². The first-order valence-electron chi connectivity index (χ1n) is 4.29. The summed E-state index contributed by atoms with van der Waals surface area (Å²) in [4.78, 5) is 9.56. The maximum absolute atomic E-state index is 10.6. The fraction of sp³-hybridized carbons (Fsp3) is 1.00. The van der Waals surface area contributed by atoms with Gasteiger partial charge in [-0.15, -0.1) is 0 Å². The second-order valence-electron chi connectivity index (χ2n) is 3.87. The molecule has 0 unspecified atom stereocenters. The Morgan fingerprint density at radius 2 is 1.60 bits per heavy atom. The molecule has 0 spiro atoms. The fourth-order valence-electron chi connectivity index (χ4n) is 1.78. The molecule has 0 saturated heterocycles. The highest BCUT2D eigenvalue weighted by Crippen LogP contribution is 2.31. The molecule has 1 saturated carbocycles. The van der Waals surface area contributed by atoms with Gasteiger partial charge in [0.25, 0.3) is 6.04 Å². The minimum Gasteiger partial charge on any atom is -0.387 e. The largest absolute Gasteiger partial charge is 0.387 e. The predicted octanol–water partition coefficient (Wildman–Crippen LogP) is -3.16. The molecule has 0 aromatic heterocycles. The molecular weight excluding hydrogens is 210 g/mol. The van der Waals surface area contributed by atoms with Crippen LogP contribution in [0.1, 0.15) is 6.92 Å². The van der Waals surface area contributed by atoms with Crippen molar-refractivity contribution in [2.24, 2.45) is 0 Å². The molecule has 0 aromatic carbocycles. The zero-order chi connectivity index (χ0) is 12.0. The van der Waals surface area contributed by atoms with Crippen LogP contribution in [0.4, 0.5) is 0 Å². The Balaban J connectivity index is 3.10. The van der Waals surface area contributed by atoms with Gasteiger partial charge in [-0.2, -0.15) is 0 Å². The van der Waals surface area contributed by atoms with E-state index in [1.807, 2.05) is 0 Å². The molecule has 5 N–H and O–H groups in total. The summed E-state index contributed by atoms with van der Waals surface area (Å²) in [6.45, 7) is 0.920. The molecule has 8 nitrogen and oxygen atoms in total. The van der Waals surface area contributed by atoms with Gasteiger partial charge in [0.15, 0.2) is 11.7 Å². The van der Waals surface area contributed by atoms with Crippen LogP contribution in [0.5, 0.6) is 0 Å². The lowest BCUT2D eigenvalue weighted by molar-refractivity contribution is -0.570. The van der Waals surface area contributed by atoms with Crippen LogP contribution in [0.3, 0.4) is 0 Å². The Bertz CT molecular complexity index is 268. The Hall–Kier alpha value is -0.800. The van der Waals surface area contributed by atoms with Gasteiger partial charge in [0.05, 0.1) is 0 Å². The third kappa shape index (κ3) is 1.70. The Kier molecular flexibility index (Phi) is 2.99. The van der Waals surface area contributed by atoms with Gasteiger partial charge in [-0.05, 0) is 6.92 Å². The second kappa shape index (κ2) is 3.65. The van der Waals surface area contributed by atoms with Crippen LogP contribution < -0.4 is 0 Å². The van der Waals surface area contributed by atoms with E-state index < -0.39 is 41.0 Å². The first-order valence-corrected chi connectivity index (χ1v) is 4.29. The van der Waals surface area contributed by atoms with E-state index in [9.17, 15) is 35.6 Å². The summed E-state index contributed by atoms with van der Waals surface area (Å²) in [5.41, 5.74) is -2.30. The number of nitrogens with zero attached hydrogens (tertiary/aromatic N) is 1. The summed E-state index contributed by atoms with van der Waals surface area (Å²) in [6, 6.07) is -1.95. The van der Waals surface area contributed by atoms with E-state index in [2.05, 4.69) is 0 Å². The van der Waals surface area contributed by atoms with Gasteiger partial charge in [0.1, 0.15) is 18.3 Å². The van der Waals surface area contributed by atoms with E-state index in [0.29, 0.717) is 0 Å². The summed E-state index contributed by atoms with van der Waals surface area (Å²) >= 11 is 0. The lowest BCUT2D eigenvalue weighted by atomic mass is 9.74.